The van der Waals surface area contributed by atoms with E-state index in [0.29, 0.717) is 34.1 Å². The first-order chi connectivity index (χ1) is 19.9. The van der Waals surface area contributed by atoms with Crippen LogP contribution < -0.4 is 14.8 Å². The maximum absolute atomic E-state index is 13.3. The molecular weight excluding hydrogens is 620 g/mol. The van der Waals surface area contributed by atoms with Crippen LogP contribution in [-0.4, -0.2) is 48.2 Å². The summed E-state index contributed by atoms with van der Waals surface area (Å²) < 4.78 is 35.9. The van der Waals surface area contributed by atoms with Crippen molar-refractivity contribution in [2.75, 3.05) is 11.3 Å². The van der Waals surface area contributed by atoms with Crippen LogP contribution in [0, 0.1) is 25.2 Å². The van der Waals surface area contributed by atoms with Crippen molar-refractivity contribution in [1.82, 2.24) is 15.3 Å². The van der Waals surface area contributed by atoms with E-state index in [1.807, 2.05) is 32.0 Å². The molecule has 1 spiro atoms. The Morgan fingerprint density at radius 2 is 1.79 bits per heavy atom. The van der Waals surface area contributed by atoms with Gasteiger partial charge in [-0.15, -0.1) is 0 Å². The van der Waals surface area contributed by atoms with E-state index in [-0.39, 0.29) is 28.3 Å². The molecule has 2 aliphatic rings. The van der Waals surface area contributed by atoms with Gasteiger partial charge in [0, 0.05) is 17.6 Å². The number of ether oxygens (including phenoxy) is 1. The van der Waals surface area contributed by atoms with Crippen LogP contribution in [-0.2, 0) is 10.0 Å². The summed E-state index contributed by atoms with van der Waals surface area (Å²) in [6.45, 7) is 8.66. The number of carbonyl (C=O) groups is 1. The van der Waals surface area contributed by atoms with Gasteiger partial charge in [0.1, 0.15) is 11.1 Å². The van der Waals surface area contributed by atoms with Crippen LogP contribution in [0.15, 0.2) is 51.8 Å². The van der Waals surface area contributed by atoms with Gasteiger partial charge in [0.05, 0.1) is 16.2 Å². The minimum Gasteiger partial charge on any atom is -0.478 e. The lowest BCUT2D eigenvalue weighted by atomic mass is 9.76. The normalized spacial score (nSPS) is 16.7. The third-order valence-corrected chi connectivity index (χ3v) is 10.2. The number of aromatic carboxylic acids is 1. The lowest BCUT2D eigenvalue weighted by Gasteiger charge is -2.39. The molecule has 42 heavy (non-hydrogen) atoms. The molecular formula is C31H37BrN4O5S. The second-order valence-electron chi connectivity index (χ2n) is 12.1. The summed E-state index contributed by atoms with van der Waals surface area (Å²) in [5.74, 6) is -0.709. The Bertz CT molecular complexity index is 1580. The van der Waals surface area contributed by atoms with E-state index in [4.69, 9.17) is 4.74 Å². The van der Waals surface area contributed by atoms with E-state index < -0.39 is 16.0 Å². The zero-order valence-electron chi connectivity index (χ0n) is 24.3. The van der Waals surface area contributed by atoms with Gasteiger partial charge >= 0.3 is 5.97 Å². The second-order valence-corrected chi connectivity index (χ2v) is 14.6. The Labute approximate surface area is 255 Å². The van der Waals surface area contributed by atoms with Crippen LogP contribution in [0.4, 0.5) is 5.95 Å². The molecule has 2 fully saturated rings. The van der Waals surface area contributed by atoms with Crippen LogP contribution >= 0.6 is 15.9 Å². The standard InChI is InChI=1S/C31H37BrN4O5S/c1-18(2)13-22(33-23-15-31(16-23)11-12-31)17-41-28-26(32)27(25-19(3)7-5-8-20(25)4)34-30(35-28)36-42(39,40)24-10-6-9-21(14-24)29(37)38/h5-10,14,18,22-23,33H,11-13,15-17H2,1-4H3,(H,37,38)(H,34,35,36)/t22-/m1/s1. The molecule has 2 saturated carbocycles. The highest BCUT2D eigenvalue weighted by Gasteiger charge is 2.53. The lowest BCUT2D eigenvalue weighted by Crippen LogP contribution is -2.49. The number of rotatable bonds is 12. The van der Waals surface area contributed by atoms with Crippen molar-refractivity contribution in [2.45, 2.75) is 76.8 Å². The fourth-order valence-electron chi connectivity index (χ4n) is 5.85. The first-order valence-electron chi connectivity index (χ1n) is 14.2. The molecule has 3 aromatic rings. The average molecular weight is 658 g/mol. The van der Waals surface area contributed by atoms with Crippen LogP contribution in [0.3, 0.4) is 0 Å². The molecule has 0 aliphatic heterocycles. The summed E-state index contributed by atoms with van der Waals surface area (Å²) in [6, 6.07) is 11.6. The summed E-state index contributed by atoms with van der Waals surface area (Å²) in [5.41, 5.74) is 3.70. The van der Waals surface area contributed by atoms with Crippen molar-refractivity contribution < 1.29 is 23.1 Å². The maximum Gasteiger partial charge on any atom is 0.335 e. The van der Waals surface area contributed by atoms with Gasteiger partial charge in [-0.2, -0.15) is 4.98 Å². The van der Waals surface area contributed by atoms with E-state index in [1.165, 1.54) is 43.9 Å². The van der Waals surface area contributed by atoms with Gasteiger partial charge in [-0.3, -0.25) is 0 Å². The summed E-state index contributed by atoms with van der Waals surface area (Å²) in [4.78, 5) is 20.3. The molecule has 11 heteroatoms. The molecule has 0 unspecified atom stereocenters. The molecule has 1 heterocycles. The summed E-state index contributed by atoms with van der Waals surface area (Å²) >= 11 is 3.66. The first-order valence-corrected chi connectivity index (χ1v) is 16.5. The number of hydrogen-bond donors (Lipinski definition) is 3. The maximum atomic E-state index is 13.3. The predicted octanol–water partition coefficient (Wildman–Crippen LogP) is 6.35. The SMILES string of the molecule is Cc1cccc(C)c1-c1nc(NS(=O)(=O)c2cccc(C(=O)O)c2)nc(OC[C@@H](CC(C)C)NC2CC3(CC3)C2)c1Br. The summed E-state index contributed by atoms with van der Waals surface area (Å²) in [7, 11) is -4.20. The average Bonchev–Trinajstić information content (AvgIpc) is 3.69. The number of anilines is 1. The van der Waals surface area contributed by atoms with Crippen molar-refractivity contribution in [3.05, 3.63) is 63.6 Å². The summed E-state index contributed by atoms with van der Waals surface area (Å²) in [5, 5.41) is 13.1. The number of carboxylic acid groups (broad SMARTS) is 1. The van der Waals surface area contributed by atoms with E-state index in [2.05, 4.69) is 49.8 Å². The second kappa shape index (κ2) is 11.9. The number of aryl methyl sites for hydroxylation is 2. The summed E-state index contributed by atoms with van der Waals surface area (Å²) in [6.07, 6.45) is 6.03. The Morgan fingerprint density at radius 1 is 1.12 bits per heavy atom. The molecule has 1 aromatic heterocycles. The molecule has 224 valence electrons. The Balaban J connectivity index is 1.46. The smallest absolute Gasteiger partial charge is 0.335 e. The van der Waals surface area contributed by atoms with Gasteiger partial charge in [0.2, 0.25) is 11.8 Å². The Hall–Kier alpha value is -3.02. The molecule has 2 aliphatic carbocycles. The molecule has 0 radical (unpaired) electrons. The lowest BCUT2D eigenvalue weighted by molar-refractivity contribution is 0.0696. The highest BCUT2D eigenvalue weighted by molar-refractivity contribution is 9.10. The highest BCUT2D eigenvalue weighted by Crippen LogP contribution is 2.60. The third kappa shape index (κ3) is 6.79. The molecule has 0 bridgehead atoms. The predicted molar refractivity (Wildman–Crippen MR) is 165 cm³/mol. The molecule has 3 N–H and O–H groups in total. The first kappa shape index (κ1) is 30.4. The number of sulfonamides is 1. The van der Waals surface area contributed by atoms with Gasteiger partial charge in [-0.25, -0.2) is 22.9 Å². The topological polar surface area (TPSA) is 131 Å². The number of nitrogens with one attached hydrogen (secondary N) is 2. The monoisotopic (exact) mass is 656 g/mol. The number of benzene rings is 2. The van der Waals surface area contributed by atoms with Gasteiger partial charge in [0.25, 0.3) is 10.0 Å². The fraction of sp³-hybridized carbons (Fsp3) is 0.452. The minimum absolute atomic E-state index is 0.107. The van der Waals surface area contributed by atoms with Gasteiger partial charge < -0.3 is 15.2 Å². The molecule has 5 rings (SSSR count). The van der Waals surface area contributed by atoms with Gasteiger partial charge in [0.15, 0.2) is 0 Å². The number of halogens is 1. The Morgan fingerprint density at radius 3 is 2.40 bits per heavy atom. The third-order valence-electron chi connectivity index (χ3n) is 8.12. The zero-order chi connectivity index (χ0) is 30.2. The van der Waals surface area contributed by atoms with Crippen molar-refractivity contribution in [2.24, 2.45) is 11.3 Å². The van der Waals surface area contributed by atoms with E-state index in [1.54, 1.807) is 0 Å². The molecule has 2 aromatic carbocycles. The molecule has 1 atom stereocenters. The number of carboxylic acids is 1. The number of nitrogens with zero attached hydrogens (tertiary/aromatic N) is 2. The van der Waals surface area contributed by atoms with Crippen molar-refractivity contribution in [3.8, 4) is 17.1 Å². The van der Waals surface area contributed by atoms with Gasteiger partial charge in [-0.05, 0) is 103 Å². The van der Waals surface area contributed by atoms with Crippen LogP contribution in [0.1, 0.15) is 67.4 Å². The zero-order valence-corrected chi connectivity index (χ0v) is 26.7. The van der Waals surface area contributed by atoms with Crippen molar-refractivity contribution >= 4 is 37.9 Å². The van der Waals surface area contributed by atoms with Crippen LogP contribution in [0.5, 0.6) is 5.88 Å². The largest absolute Gasteiger partial charge is 0.478 e. The highest BCUT2D eigenvalue weighted by atomic mass is 79.9. The Kier molecular flexibility index (Phi) is 8.65. The number of hydrogen-bond acceptors (Lipinski definition) is 7. The van der Waals surface area contributed by atoms with Gasteiger partial charge in [-0.1, -0.05) is 38.1 Å². The molecule has 0 amide bonds. The molecule has 0 saturated heterocycles. The minimum atomic E-state index is -4.20. The van der Waals surface area contributed by atoms with E-state index in [9.17, 15) is 18.3 Å². The molecule has 9 nitrogen and oxygen atoms in total. The van der Waals surface area contributed by atoms with E-state index >= 15 is 0 Å². The fourth-order valence-corrected chi connectivity index (χ4v) is 7.33. The quantitative estimate of drug-likeness (QED) is 0.206. The van der Waals surface area contributed by atoms with Crippen molar-refractivity contribution in [1.29, 1.82) is 0 Å². The van der Waals surface area contributed by atoms with E-state index in [0.717, 1.165) is 29.2 Å². The van der Waals surface area contributed by atoms with Crippen molar-refractivity contribution in [3.63, 3.8) is 0 Å². The van der Waals surface area contributed by atoms with Crippen LogP contribution in [0.2, 0.25) is 0 Å². The van der Waals surface area contributed by atoms with Crippen LogP contribution in [0.25, 0.3) is 11.3 Å². The number of aromatic nitrogens is 2.